The third-order valence-electron chi connectivity index (χ3n) is 3.23. The summed E-state index contributed by atoms with van der Waals surface area (Å²) in [6.07, 6.45) is 4.64. The fourth-order valence-corrected chi connectivity index (χ4v) is 1.97. The van der Waals surface area contributed by atoms with E-state index in [4.69, 9.17) is 0 Å². The molecular formula is C13H21NO. The summed E-state index contributed by atoms with van der Waals surface area (Å²) in [5, 5.41) is 0. The summed E-state index contributed by atoms with van der Waals surface area (Å²) >= 11 is 0. The molecule has 84 valence electrons. The maximum absolute atomic E-state index is 11.5. The Kier molecular flexibility index (Phi) is 3.93. The zero-order chi connectivity index (χ0) is 11.5. The van der Waals surface area contributed by atoms with Gasteiger partial charge in [0.15, 0.2) is 0 Å². The highest BCUT2D eigenvalue weighted by molar-refractivity contribution is 5.97. The van der Waals surface area contributed by atoms with Crippen LogP contribution in [0, 0.1) is 17.8 Å². The van der Waals surface area contributed by atoms with Crippen LogP contribution in [-0.2, 0) is 4.79 Å². The standard InChI is InChI=1S/C13H21NO/c1-11(2)12(15)7-10-13(14(3)4)8-5-6-9-13/h11H,5-6,8-9H2,1-4H3. The molecule has 0 heterocycles. The molecule has 1 rings (SSSR count). The van der Waals surface area contributed by atoms with Gasteiger partial charge in [-0.1, -0.05) is 32.6 Å². The van der Waals surface area contributed by atoms with E-state index in [1.165, 1.54) is 12.8 Å². The number of carbonyl (C=O) groups excluding carboxylic acids is 1. The SMILES string of the molecule is CC(C)C(=O)C#CC1(N(C)C)CCCC1. The molecule has 0 atom stereocenters. The van der Waals surface area contributed by atoms with Crippen molar-refractivity contribution in [3.05, 3.63) is 0 Å². The molecule has 0 aliphatic heterocycles. The van der Waals surface area contributed by atoms with Crippen LogP contribution in [0.4, 0.5) is 0 Å². The van der Waals surface area contributed by atoms with Gasteiger partial charge in [-0.15, -0.1) is 0 Å². The predicted octanol–water partition coefficient (Wildman–Crippen LogP) is 2.09. The molecule has 2 heteroatoms. The Morgan fingerprint density at radius 3 is 2.20 bits per heavy atom. The lowest BCUT2D eigenvalue weighted by atomic mass is 9.96. The zero-order valence-corrected chi connectivity index (χ0v) is 10.3. The molecule has 15 heavy (non-hydrogen) atoms. The van der Waals surface area contributed by atoms with Crippen LogP contribution in [0.2, 0.25) is 0 Å². The third kappa shape index (κ3) is 2.82. The first-order chi connectivity index (χ1) is 6.98. The molecule has 1 aliphatic rings. The first-order valence-electron chi connectivity index (χ1n) is 5.72. The third-order valence-corrected chi connectivity index (χ3v) is 3.23. The van der Waals surface area contributed by atoms with E-state index in [2.05, 4.69) is 30.8 Å². The van der Waals surface area contributed by atoms with E-state index in [0.29, 0.717) is 0 Å². The molecule has 0 radical (unpaired) electrons. The molecule has 0 saturated heterocycles. The monoisotopic (exact) mass is 207 g/mol. The summed E-state index contributed by atoms with van der Waals surface area (Å²) < 4.78 is 0. The van der Waals surface area contributed by atoms with Crippen molar-refractivity contribution in [2.45, 2.75) is 45.1 Å². The number of ketones is 1. The molecule has 0 bridgehead atoms. The summed E-state index contributed by atoms with van der Waals surface area (Å²) in [5.74, 6) is 6.10. The summed E-state index contributed by atoms with van der Waals surface area (Å²) in [4.78, 5) is 13.6. The Labute approximate surface area is 93.0 Å². The van der Waals surface area contributed by atoms with Gasteiger partial charge in [-0.3, -0.25) is 9.69 Å². The van der Waals surface area contributed by atoms with Crippen LogP contribution in [0.5, 0.6) is 0 Å². The minimum Gasteiger partial charge on any atom is -0.293 e. The zero-order valence-electron chi connectivity index (χ0n) is 10.3. The second-order valence-corrected chi connectivity index (χ2v) is 4.90. The van der Waals surface area contributed by atoms with Gasteiger partial charge in [0, 0.05) is 5.92 Å². The van der Waals surface area contributed by atoms with E-state index in [0.717, 1.165) is 12.8 Å². The summed E-state index contributed by atoms with van der Waals surface area (Å²) in [6.45, 7) is 3.79. The Bertz CT molecular complexity index is 287. The Hall–Kier alpha value is -0.810. The van der Waals surface area contributed by atoms with Gasteiger partial charge in [-0.2, -0.15) is 0 Å². The lowest BCUT2D eigenvalue weighted by molar-refractivity contribution is -0.116. The van der Waals surface area contributed by atoms with Crippen LogP contribution in [0.25, 0.3) is 0 Å². The van der Waals surface area contributed by atoms with E-state index in [1.807, 2.05) is 13.8 Å². The van der Waals surface area contributed by atoms with Gasteiger partial charge in [0.2, 0.25) is 5.78 Å². The number of Topliss-reactive ketones (excluding diaryl/α,β-unsaturated/α-hetero) is 1. The van der Waals surface area contributed by atoms with E-state index < -0.39 is 0 Å². The summed E-state index contributed by atoms with van der Waals surface area (Å²) in [6, 6.07) is 0. The first-order valence-corrected chi connectivity index (χ1v) is 5.72. The van der Waals surface area contributed by atoms with Crippen LogP contribution in [0.3, 0.4) is 0 Å². The van der Waals surface area contributed by atoms with Gasteiger partial charge in [-0.25, -0.2) is 0 Å². The molecule has 0 N–H and O–H groups in total. The fourth-order valence-electron chi connectivity index (χ4n) is 1.97. The average Bonchev–Trinajstić information content (AvgIpc) is 2.63. The van der Waals surface area contributed by atoms with Gasteiger partial charge in [-0.05, 0) is 32.9 Å². The molecule has 1 aliphatic carbocycles. The van der Waals surface area contributed by atoms with Crippen molar-refractivity contribution in [1.82, 2.24) is 4.90 Å². The van der Waals surface area contributed by atoms with Crippen molar-refractivity contribution in [3.63, 3.8) is 0 Å². The fraction of sp³-hybridized carbons (Fsp3) is 0.769. The highest BCUT2D eigenvalue weighted by atomic mass is 16.1. The minimum absolute atomic E-state index is 0.0260. The van der Waals surface area contributed by atoms with E-state index in [-0.39, 0.29) is 17.2 Å². The topological polar surface area (TPSA) is 20.3 Å². The van der Waals surface area contributed by atoms with Crippen LogP contribution in [0.15, 0.2) is 0 Å². The highest BCUT2D eigenvalue weighted by Crippen LogP contribution is 2.32. The molecule has 0 aromatic carbocycles. The lowest BCUT2D eigenvalue weighted by Crippen LogP contribution is -2.40. The van der Waals surface area contributed by atoms with Crippen molar-refractivity contribution < 1.29 is 4.79 Å². The number of nitrogens with zero attached hydrogens (tertiary/aromatic N) is 1. The van der Waals surface area contributed by atoms with Crippen LogP contribution in [0.1, 0.15) is 39.5 Å². The van der Waals surface area contributed by atoms with Gasteiger partial charge in [0.25, 0.3) is 0 Å². The van der Waals surface area contributed by atoms with Crippen molar-refractivity contribution in [1.29, 1.82) is 0 Å². The summed E-state index contributed by atoms with van der Waals surface area (Å²) in [7, 11) is 4.11. The minimum atomic E-state index is -0.0372. The Morgan fingerprint density at radius 1 is 1.27 bits per heavy atom. The van der Waals surface area contributed by atoms with Crippen molar-refractivity contribution >= 4 is 5.78 Å². The molecular weight excluding hydrogens is 186 g/mol. The average molecular weight is 207 g/mol. The first kappa shape index (κ1) is 12.3. The van der Waals surface area contributed by atoms with Gasteiger partial charge < -0.3 is 0 Å². The van der Waals surface area contributed by atoms with Crippen molar-refractivity contribution in [2.24, 2.45) is 5.92 Å². The van der Waals surface area contributed by atoms with Gasteiger partial charge >= 0.3 is 0 Å². The quantitative estimate of drug-likeness (QED) is 0.510. The molecule has 0 spiro atoms. The van der Waals surface area contributed by atoms with E-state index >= 15 is 0 Å². The number of carbonyl (C=O) groups is 1. The van der Waals surface area contributed by atoms with Crippen LogP contribution < -0.4 is 0 Å². The molecule has 0 unspecified atom stereocenters. The van der Waals surface area contributed by atoms with Gasteiger partial charge in [0.1, 0.15) is 0 Å². The summed E-state index contributed by atoms with van der Waals surface area (Å²) in [5.41, 5.74) is -0.0372. The molecule has 0 amide bonds. The van der Waals surface area contributed by atoms with E-state index in [9.17, 15) is 4.79 Å². The number of hydrogen-bond acceptors (Lipinski definition) is 2. The molecule has 2 nitrogen and oxygen atoms in total. The highest BCUT2D eigenvalue weighted by Gasteiger charge is 2.34. The van der Waals surface area contributed by atoms with E-state index in [1.54, 1.807) is 0 Å². The van der Waals surface area contributed by atoms with Crippen LogP contribution >= 0.6 is 0 Å². The van der Waals surface area contributed by atoms with Gasteiger partial charge in [0.05, 0.1) is 5.54 Å². The number of hydrogen-bond donors (Lipinski definition) is 0. The largest absolute Gasteiger partial charge is 0.293 e. The van der Waals surface area contributed by atoms with Crippen molar-refractivity contribution in [3.8, 4) is 11.8 Å². The second kappa shape index (κ2) is 4.81. The smallest absolute Gasteiger partial charge is 0.208 e. The molecule has 0 aromatic rings. The Morgan fingerprint density at radius 2 is 1.80 bits per heavy atom. The second-order valence-electron chi connectivity index (χ2n) is 4.90. The number of rotatable bonds is 2. The Balaban J connectivity index is 2.79. The normalized spacial score (nSPS) is 19.1. The van der Waals surface area contributed by atoms with Crippen molar-refractivity contribution in [2.75, 3.05) is 14.1 Å². The van der Waals surface area contributed by atoms with Crippen LogP contribution in [-0.4, -0.2) is 30.3 Å². The predicted molar refractivity (Wildman–Crippen MR) is 62.5 cm³/mol. The maximum Gasteiger partial charge on any atom is 0.208 e. The maximum atomic E-state index is 11.5. The molecule has 1 fully saturated rings. The lowest BCUT2D eigenvalue weighted by Gasteiger charge is -2.30. The molecule has 0 aromatic heterocycles. The molecule has 1 saturated carbocycles.